The molecule has 0 atom stereocenters. The molecular formula is C12H16N2O2S2. The molecule has 6 heteroatoms. The summed E-state index contributed by atoms with van der Waals surface area (Å²) in [5.74, 6) is 1.76. The largest absolute Gasteiger partial charge is 0.468 e. The summed E-state index contributed by atoms with van der Waals surface area (Å²) in [5.41, 5.74) is 0.224. The molecule has 0 aliphatic carbocycles. The van der Waals surface area contributed by atoms with E-state index in [2.05, 4.69) is 9.97 Å². The van der Waals surface area contributed by atoms with Crippen molar-refractivity contribution in [3.05, 3.63) is 18.0 Å². The minimum atomic E-state index is -0.576. The maximum absolute atomic E-state index is 12.2. The van der Waals surface area contributed by atoms with E-state index in [9.17, 15) is 4.79 Å². The first kappa shape index (κ1) is 13.7. The van der Waals surface area contributed by atoms with E-state index in [1.165, 1.54) is 18.9 Å². The number of hydrogen-bond donors (Lipinski definition) is 0. The molecule has 0 radical (unpaired) electrons. The van der Waals surface area contributed by atoms with Gasteiger partial charge >= 0.3 is 5.97 Å². The van der Waals surface area contributed by atoms with Crippen LogP contribution in [0, 0.1) is 0 Å². The quantitative estimate of drug-likeness (QED) is 0.481. The van der Waals surface area contributed by atoms with Crippen molar-refractivity contribution in [1.29, 1.82) is 0 Å². The Morgan fingerprint density at radius 3 is 2.83 bits per heavy atom. The van der Waals surface area contributed by atoms with E-state index < -0.39 is 5.41 Å². The summed E-state index contributed by atoms with van der Waals surface area (Å²) in [7, 11) is 1.45. The number of carbonyl (C=O) groups is 1. The van der Waals surface area contributed by atoms with E-state index in [0.29, 0.717) is 5.16 Å². The third-order valence-electron chi connectivity index (χ3n) is 3.23. The monoisotopic (exact) mass is 284 g/mol. The van der Waals surface area contributed by atoms with Crippen molar-refractivity contribution in [3.63, 3.8) is 0 Å². The van der Waals surface area contributed by atoms with Gasteiger partial charge < -0.3 is 4.74 Å². The number of aromatic nitrogens is 2. The van der Waals surface area contributed by atoms with Gasteiger partial charge in [-0.15, -0.1) is 0 Å². The Balaban J connectivity index is 2.41. The molecule has 1 aromatic rings. The molecule has 0 saturated carbocycles. The Bertz CT molecular complexity index is 434. The van der Waals surface area contributed by atoms with Crippen molar-refractivity contribution in [2.75, 3.05) is 24.9 Å². The molecule has 2 rings (SSSR count). The predicted octanol–water partition coefficient (Wildman–Crippen LogP) is 2.14. The van der Waals surface area contributed by atoms with Crippen molar-refractivity contribution in [2.45, 2.75) is 23.4 Å². The highest BCUT2D eigenvalue weighted by Gasteiger charge is 2.44. The average Bonchev–Trinajstić information content (AvgIpc) is 2.47. The number of nitrogens with zero attached hydrogens (tertiary/aromatic N) is 2. The van der Waals surface area contributed by atoms with Crippen LogP contribution in [0.2, 0.25) is 0 Å². The van der Waals surface area contributed by atoms with Crippen LogP contribution in [-0.4, -0.2) is 40.8 Å². The lowest BCUT2D eigenvalue weighted by molar-refractivity contribution is -0.148. The maximum atomic E-state index is 12.2. The van der Waals surface area contributed by atoms with Crippen molar-refractivity contribution in [2.24, 2.45) is 0 Å². The molecule has 0 amide bonds. The van der Waals surface area contributed by atoms with E-state index in [0.717, 1.165) is 30.0 Å². The lowest BCUT2D eigenvalue weighted by Gasteiger charge is -2.33. The third-order valence-corrected chi connectivity index (χ3v) is 4.78. The highest BCUT2D eigenvalue weighted by molar-refractivity contribution is 7.99. The van der Waals surface area contributed by atoms with Gasteiger partial charge in [0.1, 0.15) is 5.41 Å². The molecule has 0 bridgehead atoms. The molecular weight excluding hydrogens is 268 g/mol. The molecule has 1 aliphatic rings. The number of thioether (sulfide) groups is 2. The fourth-order valence-electron chi connectivity index (χ4n) is 2.19. The van der Waals surface area contributed by atoms with Gasteiger partial charge in [0.25, 0.3) is 0 Å². The Morgan fingerprint density at radius 1 is 1.50 bits per heavy atom. The van der Waals surface area contributed by atoms with Crippen LogP contribution >= 0.6 is 23.5 Å². The van der Waals surface area contributed by atoms with Gasteiger partial charge in [-0.3, -0.25) is 4.79 Å². The first-order valence-electron chi connectivity index (χ1n) is 5.76. The SMILES string of the molecule is COC(=O)C1(c2ccnc(SC)n2)CCSCC1. The summed E-state index contributed by atoms with van der Waals surface area (Å²) in [5, 5.41) is 0.703. The summed E-state index contributed by atoms with van der Waals surface area (Å²) in [4.78, 5) is 20.9. The van der Waals surface area contributed by atoms with Gasteiger partial charge in [0, 0.05) is 6.20 Å². The average molecular weight is 284 g/mol. The molecule has 2 heterocycles. The number of methoxy groups -OCH3 is 1. The summed E-state index contributed by atoms with van der Waals surface area (Å²) in [6.07, 6.45) is 5.23. The van der Waals surface area contributed by atoms with Crippen LogP contribution in [0.25, 0.3) is 0 Å². The van der Waals surface area contributed by atoms with Crippen LogP contribution < -0.4 is 0 Å². The topological polar surface area (TPSA) is 52.1 Å². The van der Waals surface area contributed by atoms with Crippen molar-refractivity contribution in [3.8, 4) is 0 Å². The highest BCUT2D eigenvalue weighted by Crippen LogP contribution is 2.38. The summed E-state index contributed by atoms with van der Waals surface area (Å²) in [6.45, 7) is 0. The Labute approximate surface area is 115 Å². The van der Waals surface area contributed by atoms with Crippen LogP contribution in [0.15, 0.2) is 17.4 Å². The first-order valence-corrected chi connectivity index (χ1v) is 8.14. The third kappa shape index (κ3) is 2.49. The van der Waals surface area contributed by atoms with Gasteiger partial charge in [-0.2, -0.15) is 11.8 Å². The lowest BCUT2D eigenvalue weighted by Crippen LogP contribution is -2.41. The molecule has 0 unspecified atom stereocenters. The molecule has 1 fully saturated rings. The van der Waals surface area contributed by atoms with Gasteiger partial charge in [0.2, 0.25) is 0 Å². The number of rotatable bonds is 3. The fourth-order valence-corrected chi connectivity index (χ4v) is 3.73. The van der Waals surface area contributed by atoms with E-state index in [1.807, 2.05) is 24.1 Å². The number of ether oxygens (including phenoxy) is 1. The van der Waals surface area contributed by atoms with Crippen LogP contribution in [0.5, 0.6) is 0 Å². The molecule has 0 aromatic carbocycles. The van der Waals surface area contributed by atoms with Crippen LogP contribution in [0.1, 0.15) is 18.5 Å². The summed E-state index contributed by atoms with van der Waals surface area (Å²) in [6, 6.07) is 1.84. The zero-order valence-electron chi connectivity index (χ0n) is 10.5. The Hall–Kier alpha value is -0.750. The fraction of sp³-hybridized carbons (Fsp3) is 0.583. The van der Waals surface area contributed by atoms with E-state index in [-0.39, 0.29) is 5.97 Å². The first-order chi connectivity index (χ1) is 8.73. The molecule has 0 N–H and O–H groups in total. The van der Waals surface area contributed by atoms with Crippen LogP contribution in [0.3, 0.4) is 0 Å². The molecule has 1 saturated heterocycles. The second kappa shape index (κ2) is 5.93. The van der Waals surface area contributed by atoms with Gasteiger partial charge in [-0.05, 0) is 36.7 Å². The Kier molecular flexibility index (Phi) is 4.50. The van der Waals surface area contributed by atoms with E-state index in [4.69, 9.17) is 4.74 Å². The van der Waals surface area contributed by atoms with Gasteiger partial charge in [0.05, 0.1) is 12.8 Å². The number of hydrogen-bond acceptors (Lipinski definition) is 6. The molecule has 1 aliphatic heterocycles. The van der Waals surface area contributed by atoms with Gasteiger partial charge in [-0.25, -0.2) is 9.97 Å². The second-order valence-electron chi connectivity index (χ2n) is 4.11. The normalized spacial score (nSPS) is 18.3. The minimum Gasteiger partial charge on any atom is -0.468 e. The smallest absolute Gasteiger partial charge is 0.317 e. The van der Waals surface area contributed by atoms with Crippen molar-refractivity contribution in [1.82, 2.24) is 9.97 Å². The number of esters is 1. The number of carbonyl (C=O) groups excluding carboxylic acids is 1. The summed E-state index contributed by atoms with van der Waals surface area (Å²) < 4.78 is 5.01. The minimum absolute atomic E-state index is 0.173. The van der Waals surface area contributed by atoms with Crippen LogP contribution in [0.4, 0.5) is 0 Å². The molecule has 0 spiro atoms. The Morgan fingerprint density at radius 2 is 2.22 bits per heavy atom. The summed E-state index contributed by atoms with van der Waals surface area (Å²) >= 11 is 3.36. The predicted molar refractivity (Wildman–Crippen MR) is 74.1 cm³/mol. The molecule has 18 heavy (non-hydrogen) atoms. The second-order valence-corrected chi connectivity index (χ2v) is 6.11. The standard InChI is InChI=1S/C12H16N2O2S2/c1-16-10(15)12(4-7-18-8-5-12)9-3-6-13-11(14-9)17-2/h3,6H,4-5,7-8H2,1-2H3. The van der Waals surface area contributed by atoms with Crippen LogP contribution in [-0.2, 0) is 14.9 Å². The van der Waals surface area contributed by atoms with E-state index >= 15 is 0 Å². The van der Waals surface area contributed by atoms with E-state index in [1.54, 1.807) is 6.20 Å². The maximum Gasteiger partial charge on any atom is 0.317 e. The van der Waals surface area contributed by atoms with Gasteiger partial charge in [0.15, 0.2) is 5.16 Å². The molecule has 98 valence electrons. The molecule has 4 nitrogen and oxygen atoms in total. The lowest BCUT2D eigenvalue weighted by atomic mass is 9.78. The molecule has 1 aromatic heterocycles. The van der Waals surface area contributed by atoms with Gasteiger partial charge in [-0.1, -0.05) is 11.8 Å². The highest BCUT2D eigenvalue weighted by atomic mass is 32.2. The van der Waals surface area contributed by atoms with Crippen molar-refractivity contribution < 1.29 is 9.53 Å². The zero-order chi connectivity index (χ0) is 13.0. The van der Waals surface area contributed by atoms with Crippen molar-refractivity contribution >= 4 is 29.5 Å². The zero-order valence-corrected chi connectivity index (χ0v) is 12.1.